The van der Waals surface area contributed by atoms with Gasteiger partial charge in [-0.2, -0.15) is 0 Å². The molecule has 0 radical (unpaired) electrons. The molecule has 236 valence electrons. The number of unbranched alkanes of at least 4 members (excludes halogenated alkanes) is 6. The third kappa shape index (κ3) is 22.0. The molecule has 0 fully saturated rings. The lowest BCUT2D eigenvalue weighted by atomic mass is 10.0. The van der Waals surface area contributed by atoms with Crippen molar-refractivity contribution < 1.29 is 49.4 Å². The molecule has 10 nitrogen and oxygen atoms in total. The molecule has 0 aliphatic heterocycles. The van der Waals surface area contributed by atoms with Crippen molar-refractivity contribution in [1.29, 1.82) is 0 Å². The molecule has 0 spiro atoms. The normalized spacial score (nSPS) is 16.0. The zero-order chi connectivity index (χ0) is 30.3. The number of carbonyl (C=O) groups is 3. The highest BCUT2D eigenvalue weighted by Gasteiger charge is 2.25. The third-order valence-electron chi connectivity index (χ3n) is 6.83. The maximum Gasteiger partial charge on any atom is 0.308 e. The number of aliphatic hydroxyl groups excluding tert-OH is 4. The summed E-state index contributed by atoms with van der Waals surface area (Å²) in [6.07, 6.45) is 3.52. The van der Waals surface area contributed by atoms with Crippen LogP contribution in [0.2, 0.25) is 0 Å². The van der Waals surface area contributed by atoms with E-state index in [0.717, 1.165) is 57.8 Å². The second-order valence-electron chi connectivity index (χ2n) is 11.0. The number of aliphatic carboxylic acids is 1. The highest BCUT2D eigenvalue weighted by atomic mass is 16.5. The van der Waals surface area contributed by atoms with Gasteiger partial charge in [-0.25, -0.2) is 0 Å². The molecule has 0 aromatic heterocycles. The Kier molecular flexibility index (Phi) is 22.9. The van der Waals surface area contributed by atoms with Crippen LogP contribution in [0.15, 0.2) is 0 Å². The zero-order valence-corrected chi connectivity index (χ0v) is 25.0. The number of hydrogen-bond donors (Lipinski definition) is 5. The van der Waals surface area contributed by atoms with E-state index in [4.69, 9.17) is 14.6 Å². The Balaban J connectivity index is 4.91. The maximum atomic E-state index is 12.6. The van der Waals surface area contributed by atoms with Crippen molar-refractivity contribution in [1.82, 2.24) is 0 Å². The SMILES string of the molecule is CCCCC[C@@H](O)C[C@H](O)CC(=O)O[C@@H](CCCCC)C[C@H](O)CC(=O)O[C@@H](CCCCC)C[C@H](O)CC(=O)O. The topological polar surface area (TPSA) is 171 Å². The van der Waals surface area contributed by atoms with Crippen molar-refractivity contribution in [2.24, 2.45) is 0 Å². The van der Waals surface area contributed by atoms with E-state index >= 15 is 0 Å². The van der Waals surface area contributed by atoms with E-state index in [-0.39, 0.29) is 32.1 Å². The van der Waals surface area contributed by atoms with Gasteiger partial charge in [0.15, 0.2) is 0 Å². The van der Waals surface area contributed by atoms with E-state index in [1.807, 2.05) is 13.8 Å². The summed E-state index contributed by atoms with van der Waals surface area (Å²) in [6, 6.07) is 0. The number of carboxylic acids is 1. The fraction of sp³-hybridized carbons (Fsp3) is 0.900. The summed E-state index contributed by atoms with van der Waals surface area (Å²) in [7, 11) is 0. The molecular weight excluding hydrogens is 520 g/mol. The van der Waals surface area contributed by atoms with E-state index in [2.05, 4.69) is 6.92 Å². The number of esters is 2. The van der Waals surface area contributed by atoms with Gasteiger partial charge in [0, 0.05) is 12.8 Å². The van der Waals surface area contributed by atoms with Crippen LogP contribution < -0.4 is 0 Å². The average molecular weight is 577 g/mol. The van der Waals surface area contributed by atoms with Crippen molar-refractivity contribution in [2.75, 3.05) is 0 Å². The van der Waals surface area contributed by atoms with E-state index in [1.165, 1.54) is 0 Å². The van der Waals surface area contributed by atoms with Crippen LogP contribution in [0.5, 0.6) is 0 Å². The van der Waals surface area contributed by atoms with Gasteiger partial charge in [-0.15, -0.1) is 0 Å². The summed E-state index contributed by atoms with van der Waals surface area (Å²) >= 11 is 0. The molecule has 6 atom stereocenters. The van der Waals surface area contributed by atoms with Gasteiger partial charge >= 0.3 is 17.9 Å². The Morgan fingerprint density at radius 1 is 0.525 bits per heavy atom. The third-order valence-corrected chi connectivity index (χ3v) is 6.83. The minimum absolute atomic E-state index is 0.00470. The Hall–Kier alpha value is -1.75. The van der Waals surface area contributed by atoms with E-state index in [0.29, 0.717) is 19.3 Å². The molecule has 0 saturated heterocycles. The van der Waals surface area contributed by atoms with Gasteiger partial charge in [0.05, 0.1) is 43.7 Å². The molecule has 0 saturated carbocycles. The van der Waals surface area contributed by atoms with E-state index in [9.17, 15) is 34.8 Å². The van der Waals surface area contributed by atoms with Crippen LogP contribution in [0.3, 0.4) is 0 Å². The summed E-state index contributed by atoms with van der Waals surface area (Å²) in [4.78, 5) is 35.9. The Morgan fingerprint density at radius 2 is 0.900 bits per heavy atom. The minimum Gasteiger partial charge on any atom is -0.481 e. The van der Waals surface area contributed by atoms with Crippen LogP contribution in [0.4, 0.5) is 0 Å². The van der Waals surface area contributed by atoms with Gasteiger partial charge < -0.3 is 35.0 Å². The van der Waals surface area contributed by atoms with Crippen molar-refractivity contribution in [3.8, 4) is 0 Å². The van der Waals surface area contributed by atoms with Gasteiger partial charge in [0.1, 0.15) is 12.2 Å². The number of hydrogen-bond acceptors (Lipinski definition) is 9. The monoisotopic (exact) mass is 576 g/mol. The van der Waals surface area contributed by atoms with Gasteiger partial charge in [-0.05, 0) is 38.5 Å². The smallest absolute Gasteiger partial charge is 0.308 e. The fourth-order valence-corrected chi connectivity index (χ4v) is 4.67. The first kappa shape index (κ1) is 38.2. The fourth-order valence-electron chi connectivity index (χ4n) is 4.67. The van der Waals surface area contributed by atoms with Gasteiger partial charge in [-0.3, -0.25) is 14.4 Å². The van der Waals surface area contributed by atoms with Crippen molar-refractivity contribution >= 4 is 17.9 Å². The van der Waals surface area contributed by atoms with Crippen molar-refractivity contribution in [2.45, 2.75) is 173 Å². The van der Waals surface area contributed by atoms with E-state index < -0.39 is 61.0 Å². The van der Waals surface area contributed by atoms with E-state index in [1.54, 1.807) is 0 Å². The summed E-state index contributed by atoms with van der Waals surface area (Å²) in [5, 5.41) is 49.8. The predicted molar refractivity (Wildman–Crippen MR) is 152 cm³/mol. The summed E-state index contributed by atoms with van der Waals surface area (Å²) in [5.74, 6) is -2.42. The summed E-state index contributed by atoms with van der Waals surface area (Å²) in [6.45, 7) is 6.13. The molecule has 0 bridgehead atoms. The molecule has 0 aliphatic carbocycles. The van der Waals surface area contributed by atoms with Gasteiger partial charge in [0.25, 0.3) is 0 Å². The molecule has 40 heavy (non-hydrogen) atoms. The second kappa shape index (κ2) is 23.9. The lowest BCUT2D eigenvalue weighted by molar-refractivity contribution is -0.155. The molecule has 0 heterocycles. The standard InChI is InChI=1S/C30H56O10/c1-4-7-10-13-22(31)16-23(32)20-29(37)40-27(15-12-9-6-3)18-25(34)21-30(38)39-26(14-11-8-5-2)17-24(33)19-28(35)36/h22-27,31-34H,4-21H2,1-3H3,(H,35,36)/t22-,23+,24+,25+,26+,27+/m1/s1. The molecule has 0 rings (SSSR count). The Morgan fingerprint density at radius 3 is 1.30 bits per heavy atom. The zero-order valence-electron chi connectivity index (χ0n) is 25.0. The maximum absolute atomic E-state index is 12.6. The van der Waals surface area contributed by atoms with Crippen LogP contribution in [0.1, 0.15) is 136 Å². The number of rotatable bonds is 26. The Labute approximate surface area is 240 Å². The summed E-state index contributed by atoms with van der Waals surface area (Å²) in [5.41, 5.74) is 0. The Bertz CT molecular complexity index is 671. The molecule has 0 unspecified atom stereocenters. The van der Waals surface area contributed by atoms with Crippen molar-refractivity contribution in [3.05, 3.63) is 0 Å². The molecule has 0 aromatic carbocycles. The van der Waals surface area contributed by atoms with Gasteiger partial charge in [0.2, 0.25) is 0 Å². The number of aliphatic hydroxyl groups is 4. The van der Waals surface area contributed by atoms with Gasteiger partial charge in [-0.1, -0.05) is 65.7 Å². The second-order valence-corrected chi connectivity index (χ2v) is 11.0. The number of carboxylic acid groups (broad SMARTS) is 1. The van der Waals surface area contributed by atoms with Crippen LogP contribution in [0.25, 0.3) is 0 Å². The number of ether oxygens (including phenoxy) is 2. The first-order chi connectivity index (χ1) is 19.0. The first-order valence-corrected chi connectivity index (χ1v) is 15.3. The molecule has 0 aliphatic rings. The summed E-state index contributed by atoms with van der Waals surface area (Å²) < 4.78 is 11.0. The molecule has 10 heteroatoms. The van der Waals surface area contributed by atoms with Crippen LogP contribution >= 0.6 is 0 Å². The van der Waals surface area contributed by atoms with Crippen LogP contribution in [-0.2, 0) is 23.9 Å². The lowest BCUT2D eigenvalue weighted by Crippen LogP contribution is -2.30. The van der Waals surface area contributed by atoms with Crippen LogP contribution in [-0.4, -0.2) is 80.1 Å². The minimum atomic E-state index is -1.14. The number of carbonyl (C=O) groups excluding carboxylic acids is 2. The molecule has 5 N–H and O–H groups in total. The molecule has 0 amide bonds. The highest BCUT2D eigenvalue weighted by Crippen LogP contribution is 2.19. The lowest BCUT2D eigenvalue weighted by Gasteiger charge is -2.23. The largest absolute Gasteiger partial charge is 0.481 e. The average Bonchev–Trinajstić information content (AvgIpc) is 2.83. The quantitative estimate of drug-likeness (QED) is 0.0733. The molecule has 0 aromatic rings. The molecular formula is C30H56O10. The van der Waals surface area contributed by atoms with Crippen molar-refractivity contribution in [3.63, 3.8) is 0 Å². The van der Waals surface area contributed by atoms with Crippen LogP contribution in [0, 0.1) is 0 Å². The highest BCUT2D eigenvalue weighted by molar-refractivity contribution is 5.71. The first-order valence-electron chi connectivity index (χ1n) is 15.3. The predicted octanol–water partition coefficient (Wildman–Crippen LogP) is 4.42.